The fraction of sp³-hybridized carbons (Fsp3) is 0.200. The highest BCUT2D eigenvalue weighted by Gasteiger charge is 2.42. The number of sulfone groups is 1. The van der Waals surface area contributed by atoms with E-state index in [2.05, 4.69) is 0 Å². The smallest absolute Gasteiger partial charge is 0.347 e. The lowest BCUT2D eigenvalue weighted by atomic mass is 9.95. The van der Waals surface area contributed by atoms with E-state index in [1.807, 2.05) is 6.07 Å². The number of nitrogens with two attached hydrogens (primary N) is 1. The number of nitriles is 1. The highest BCUT2D eigenvalue weighted by atomic mass is 32.2. The molecule has 0 radical (unpaired) electrons. The fourth-order valence-corrected chi connectivity index (χ4v) is 3.92. The first-order chi connectivity index (χ1) is 13.4. The molecule has 0 saturated carbocycles. The summed E-state index contributed by atoms with van der Waals surface area (Å²) in [5, 5.41) is 4.93. The number of hydrogen-bond acceptors (Lipinski definition) is 4. The zero-order valence-electron chi connectivity index (χ0n) is 15.5. The number of benzene rings is 2. The van der Waals surface area contributed by atoms with Crippen LogP contribution in [0.2, 0.25) is 0 Å². The van der Waals surface area contributed by atoms with Gasteiger partial charge in [-0.05, 0) is 65.9 Å². The Labute approximate surface area is 166 Å². The molecule has 0 aliphatic heterocycles. The van der Waals surface area contributed by atoms with Gasteiger partial charge < -0.3 is 5.73 Å². The van der Waals surface area contributed by atoms with Gasteiger partial charge in [0.1, 0.15) is 5.82 Å². The van der Waals surface area contributed by atoms with Crippen molar-refractivity contribution in [1.29, 1.82) is 5.26 Å². The van der Waals surface area contributed by atoms with E-state index in [1.54, 1.807) is 0 Å². The van der Waals surface area contributed by atoms with E-state index in [-0.39, 0.29) is 24.5 Å². The zero-order chi connectivity index (χ0) is 22.0. The molecule has 0 aromatic heterocycles. The minimum Gasteiger partial charge on any atom is -0.366 e. The lowest BCUT2D eigenvalue weighted by Crippen LogP contribution is -2.26. The fourth-order valence-electron chi connectivity index (χ4n) is 2.78. The molecule has 0 saturated heterocycles. The van der Waals surface area contributed by atoms with Gasteiger partial charge in [-0.3, -0.25) is 4.79 Å². The molecule has 0 bridgehead atoms. The van der Waals surface area contributed by atoms with E-state index in [9.17, 15) is 26.4 Å². The average Bonchev–Trinajstić information content (AvgIpc) is 2.60. The number of nitrogens with zero attached hydrogens (tertiary/aromatic N) is 1. The van der Waals surface area contributed by atoms with Crippen LogP contribution >= 0.6 is 0 Å². The molecule has 2 rings (SSSR count). The third-order valence-corrected chi connectivity index (χ3v) is 6.12. The van der Waals surface area contributed by atoms with Gasteiger partial charge >= 0.3 is 5.25 Å². The van der Waals surface area contributed by atoms with Crippen molar-refractivity contribution in [2.75, 3.05) is 0 Å². The normalized spacial score (nSPS) is 12.1. The Kier molecular flexibility index (Phi) is 6.18. The van der Waals surface area contributed by atoms with Gasteiger partial charge in [-0.25, -0.2) is 12.8 Å². The summed E-state index contributed by atoms with van der Waals surface area (Å²) in [5.74, 6) is -1.50. The van der Waals surface area contributed by atoms with Crippen molar-refractivity contribution in [3.63, 3.8) is 0 Å². The second kappa shape index (κ2) is 8.09. The Hall–Kier alpha value is -3.12. The standard InChI is InChI=1S/C20H17F3N2O3S/c1-12-15(8-13-7-14(11-24)10-16(21)9-13)3-5-18(17(12)4-6-19(25)26)29(27,28)20(2,22)23/h3-7,9-10H,8H2,1-2H3,(H2,25,26)/b6-4+. The summed E-state index contributed by atoms with van der Waals surface area (Å²) in [4.78, 5) is 10.4. The van der Waals surface area contributed by atoms with Crippen molar-refractivity contribution in [1.82, 2.24) is 0 Å². The van der Waals surface area contributed by atoms with Crippen molar-refractivity contribution in [2.45, 2.75) is 30.4 Å². The third-order valence-electron chi connectivity index (χ3n) is 4.24. The Morgan fingerprint density at radius 3 is 2.48 bits per heavy atom. The molecule has 2 N–H and O–H groups in total. The molecule has 9 heteroatoms. The quantitative estimate of drug-likeness (QED) is 0.720. The zero-order valence-corrected chi connectivity index (χ0v) is 16.4. The van der Waals surface area contributed by atoms with Crippen LogP contribution in [0, 0.1) is 24.1 Å². The van der Waals surface area contributed by atoms with Gasteiger partial charge in [0, 0.05) is 13.0 Å². The molecule has 152 valence electrons. The molecule has 1 amide bonds. The molecule has 0 fully saturated rings. The number of hydrogen-bond donors (Lipinski definition) is 1. The van der Waals surface area contributed by atoms with Crippen molar-refractivity contribution in [3.05, 3.63) is 70.0 Å². The van der Waals surface area contributed by atoms with Crippen molar-refractivity contribution < 1.29 is 26.4 Å². The second-order valence-corrected chi connectivity index (χ2v) is 8.61. The molecule has 0 unspecified atom stereocenters. The van der Waals surface area contributed by atoms with E-state index in [0.717, 1.165) is 24.3 Å². The van der Waals surface area contributed by atoms with Gasteiger partial charge in [0.2, 0.25) is 15.7 Å². The number of carbonyl (C=O) groups is 1. The maximum Gasteiger partial charge on any atom is 0.347 e. The summed E-state index contributed by atoms with van der Waals surface area (Å²) in [5.41, 5.74) is 6.29. The summed E-state index contributed by atoms with van der Waals surface area (Å²) in [7, 11) is -5.02. The molecular formula is C20H17F3N2O3S. The summed E-state index contributed by atoms with van der Waals surface area (Å²) in [6, 6.07) is 7.93. The molecule has 2 aromatic rings. The highest BCUT2D eigenvalue weighted by molar-refractivity contribution is 7.92. The molecule has 0 aliphatic rings. The van der Waals surface area contributed by atoms with E-state index in [4.69, 9.17) is 11.0 Å². The van der Waals surface area contributed by atoms with E-state index < -0.39 is 31.7 Å². The molecule has 2 aromatic carbocycles. The minimum absolute atomic E-state index is 0.108. The van der Waals surface area contributed by atoms with Crippen LogP contribution in [0.1, 0.15) is 34.7 Å². The van der Waals surface area contributed by atoms with Crippen LogP contribution in [-0.4, -0.2) is 19.6 Å². The predicted molar refractivity (Wildman–Crippen MR) is 101 cm³/mol. The summed E-state index contributed by atoms with van der Waals surface area (Å²) < 4.78 is 65.6. The van der Waals surface area contributed by atoms with Gasteiger partial charge in [-0.1, -0.05) is 6.07 Å². The molecule has 5 nitrogen and oxygen atoms in total. The van der Waals surface area contributed by atoms with Gasteiger partial charge in [-0.2, -0.15) is 14.0 Å². The lowest BCUT2D eigenvalue weighted by molar-refractivity contribution is -0.113. The number of amides is 1. The Morgan fingerprint density at radius 2 is 1.93 bits per heavy atom. The summed E-state index contributed by atoms with van der Waals surface area (Å²) >= 11 is 0. The van der Waals surface area contributed by atoms with Crippen LogP contribution in [-0.2, 0) is 21.1 Å². The van der Waals surface area contributed by atoms with Crippen molar-refractivity contribution in [3.8, 4) is 6.07 Å². The Bertz CT molecular complexity index is 1140. The van der Waals surface area contributed by atoms with Crippen LogP contribution < -0.4 is 5.73 Å². The summed E-state index contributed by atoms with van der Waals surface area (Å²) in [6.07, 6.45) is 2.04. The Morgan fingerprint density at radius 1 is 1.28 bits per heavy atom. The van der Waals surface area contributed by atoms with Crippen molar-refractivity contribution >= 4 is 21.8 Å². The van der Waals surface area contributed by atoms with Gasteiger partial charge in [0.25, 0.3) is 0 Å². The highest BCUT2D eigenvalue weighted by Crippen LogP contribution is 2.34. The van der Waals surface area contributed by atoms with Crippen molar-refractivity contribution in [2.24, 2.45) is 5.73 Å². The molecule has 0 spiro atoms. The molecule has 0 aliphatic carbocycles. The van der Waals surface area contributed by atoms with Crippen LogP contribution in [0.5, 0.6) is 0 Å². The summed E-state index contributed by atoms with van der Waals surface area (Å²) in [6.45, 7) is 1.76. The topological polar surface area (TPSA) is 101 Å². The largest absolute Gasteiger partial charge is 0.366 e. The maximum atomic E-state index is 13.7. The number of carbonyl (C=O) groups excluding carboxylic acids is 1. The second-order valence-electron chi connectivity index (χ2n) is 6.45. The first-order valence-corrected chi connectivity index (χ1v) is 9.77. The number of halogens is 3. The molecule has 0 atom stereocenters. The van der Waals surface area contributed by atoms with Gasteiger partial charge in [0.15, 0.2) is 0 Å². The number of rotatable bonds is 6. The van der Waals surface area contributed by atoms with Crippen LogP contribution in [0.15, 0.2) is 41.3 Å². The molecule has 0 heterocycles. The number of alkyl halides is 2. The molecule has 29 heavy (non-hydrogen) atoms. The van der Waals surface area contributed by atoms with E-state index in [0.29, 0.717) is 16.7 Å². The predicted octanol–water partition coefficient (Wildman–Crippen LogP) is 3.48. The van der Waals surface area contributed by atoms with Crippen LogP contribution in [0.3, 0.4) is 0 Å². The minimum atomic E-state index is -5.02. The monoisotopic (exact) mass is 422 g/mol. The van der Waals surface area contributed by atoms with Gasteiger partial charge in [-0.15, -0.1) is 0 Å². The maximum absolute atomic E-state index is 13.7. The van der Waals surface area contributed by atoms with E-state index in [1.165, 1.54) is 25.1 Å². The Balaban J connectivity index is 2.66. The molecular weight excluding hydrogens is 405 g/mol. The SMILES string of the molecule is Cc1c(Cc2cc(F)cc(C#N)c2)ccc(S(=O)(=O)C(C)(F)F)c1/C=C/C(N)=O. The van der Waals surface area contributed by atoms with Gasteiger partial charge in [0.05, 0.1) is 16.5 Å². The first kappa shape index (κ1) is 22.2. The average molecular weight is 422 g/mol. The van der Waals surface area contributed by atoms with Crippen LogP contribution in [0.4, 0.5) is 13.2 Å². The first-order valence-electron chi connectivity index (χ1n) is 8.29. The third kappa shape index (κ3) is 4.84. The van der Waals surface area contributed by atoms with E-state index >= 15 is 0 Å². The number of primary amides is 1. The lowest BCUT2D eigenvalue weighted by Gasteiger charge is -2.18. The van der Waals surface area contributed by atoms with Crippen LogP contribution in [0.25, 0.3) is 6.08 Å².